The third kappa shape index (κ3) is 6.37. The summed E-state index contributed by atoms with van der Waals surface area (Å²) < 4.78 is 7.93. The Morgan fingerprint density at radius 3 is 2.42 bits per heavy atom. The smallest absolute Gasteiger partial charge is 0.264 e. The van der Waals surface area contributed by atoms with Crippen LogP contribution < -0.4 is 10.1 Å². The monoisotopic (exact) mass is 740 g/mol. The van der Waals surface area contributed by atoms with Gasteiger partial charge in [-0.2, -0.15) is 0 Å². The molecule has 1 aliphatic heterocycles. The third-order valence-electron chi connectivity index (χ3n) is 4.42. The van der Waals surface area contributed by atoms with Gasteiger partial charge >= 0.3 is 0 Å². The number of ether oxygens (including phenoxy) is 1. The lowest BCUT2D eigenvalue weighted by atomic mass is 10.2. The van der Waals surface area contributed by atoms with Gasteiger partial charge in [0.1, 0.15) is 12.4 Å². The van der Waals surface area contributed by atoms with Crippen LogP contribution in [0.15, 0.2) is 64.5 Å². The van der Waals surface area contributed by atoms with E-state index in [0.717, 1.165) is 24.0 Å². The van der Waals surface area contributed by atoms with E-state index in [1.54, 1.807) is 18.2 Å². The first-order valence-electron chi connectivity index (χ1n) is 9.40. The molecule has 1 amide bonds. The van der Waals surface area contributed by atoms with Crippen molar-refractivity contribution >= 4 is 115 Å². The van der Waals surface area contributed by atoms with Gasteiger partial charge in [0, 0.05) is 5.02 Å². The number of rotatable bonds is 5. The lowest BCUT2D eigenvalue weighted by Gasteiger charge is -2.12. The summed E-state index contributed by atoms with van der Waals surface area (Å²) in [6.45, 7) is 0.438. The van der Waals surface area contributed by atoms with Crippen LogP contribution in [-0.2, 0) is 11.4 Å². The minimum absolute atomic E-state index is 0.218. The van der Waals surface area contributed by atoms with Gasteiger partial charge in [-0.25, -0.2) is 4.99 Å². The Balaban J connectivity index is 1.51. The molecule has 0 saturated carbocycles. The van der Waals surface area contributed by atoms with E-state index in [0.29, 0.717) is 37.4 Å². The molecule has 0 atom stereocenters. The molecule has 1 aliphatic rings. The highest BCUT2D eigenvalue weighted by molar-refractivity contribution is 14.1. The zero-order valence-corrected chi connectivity index (χ0v) is 23.9. The molecule has 168 valence electrons. The third-order valence-corrected chi connectivity index (χ3v) is 7.99. The largest absolute Gasteiger partial charge is 0.487 e. The Morgan fingerprint density at radius 1 is 1.03 bits per heavy atom. The van der Waals surface area contributed by atoms with Crippen LogP contribution in [0.25, 0.3) is 6.08 Å². The van der Waals surface area contributed by atoms with Crippen LogP contribution in [0, 0.1) is 7.14 Å². The van der Waals surface area contributed by atoms with E-state index in [1.165, 1.54) is 11.8 Å². The SMILES string of the molecule is O=C1NC(=Nc2cccc(Cl)c2Cl)S/C1=C/c1cc(I)c(OCc2ccc(Cl)cc2)c(I)c1. The maximum absolute atomic E-state index is 12.5. The number of hydrogen-bond acceptors (Lipinski definition) is 4. The number of carbonyl (C=O) groups is 1. The quantitative estimate of drug-likeness (QED) is 0.212. The lowest BCUT2D eigenvalue weighted by Crippen LogP contribution is -2.19. The number of benzene rings is 3. The van der Waals surface area contributed by atoms with Gasteiger partial charge in [-0.05, 0) is 111 Å². The van der Waals surface area contributed by atoms with Gasteiger partial charge in [0.15, 0.2) is 5.17 Å². The molecule has 1 fully saturated rings. The fourth-order valence-electron chi connectivity index (χ4n) is 2.86. The molecule has 1 heterocycles. The summed E-state index contributed by atoms with van der Waals surface area (Å²) in [6.07, 6.45) is 1.83. The fraction of sp³-hybridized carbons (Fsp3) is 0.0435. The number of nitrogens with zero attached hydrogens (tertiary/aromatic N) is 1. The van der Waals surface area contributed by atoms with Crippen LogP contribution in [0.4, 0.5) is 5.69 Å². The molecule has 10 heteroatoms. The van der Waals surface area contributed by atoms with Crippen LogP contribution in [0.5, 0.6) is 5.75 Å². The first kappa shape index (κ1) is 25.1. The van der Waals surface area contributed by atoms with E-state index in [4.69, 9.17) is 39.5 Å². The van der Waals surface area contributed by atoms with Crippen LogP contribution in [0.3, 0.4) is 0 Å². The Bertz CT molecular complexity index is 1270. The van der Waals surface area contributed by atoms with Gasteiger partial charge in [0.05, 0.1) is 27.8 Å². The number of nitrogens with one attached hydrogen (secondary N) is 1. The molecular weight excluding hydrogens is 728 g/mol. The normalized spacial score (nSPS) is 15.8. The molecule has 4 nitrogen and oxygen atoms in total. The van der Waals surface area contributed by atoms with Gasteiger partial charge in [0.25, 0.3) is 5.91 Å². The Hall–Kier alpha value is -0.980. The average molecular weight is 742 g/mol. The molecule has 0 aromatic heterocycles. The number of halogens is 5. The second kappa shape index (κ2) is 11.2. The second-order valence-electron chi connectivity index (χ2n) is 6.78. The molecule has 0 unspecified atom stereocenters. The van der Waals surface area contributed by atoms with E-state index < -0.39 is 0 Å². The van der Waals surface area contributed by atoms with Crippen molar-refractivity contribution in [2.75, 3.05) is 0 Å². The number of thioether (sulfide) groups is 1. The summed E-state index contributed by atoms with van der Waals surface area (Å²) in [5, 5.41) is 4.66. The molecule has 0 aliphatic carbocycles. The predicted octanol–water partition coefficient (Wildman–Crippen LogP) is 8.33. The van der Waals surface area contributed by atoms with Crippen LogP contribution >= 0.6 is 91.7 Å². The lowest BCUT2D eigenvalue weighted by molar-refractivity contribution is -0.115. The van der Waals surface area contributed by atoms with Crippen LogP contribution in [0.2, 0.25) is 15.1 Å². The minimum atomic E-state index is -0.218. The molecule has 0 bridgehead atoms. The van der Waals surface area contributed by atoms with E-state index in [-0.39, 0.29) is 5.91 Å². The zero-order valence-electron chi connectivity index (χ0n) is 16.5. The Morgan fingerprint density at radius 2 is 1.73 bits per heavy atom. The van der Waals surface area contributed by atoms with Crippen molar-refractivity contribution in [1.29, 1.82) is 0 Å². The zero-order chi connectivity index (χ0) is 23.5. The van der Waals surface area contributed by atoms with Gasteiger partial charge in [-0.1, -0.05) is 53.0 Å². The molecule has 1 N–H and O–H groups in total. The fourth-order valence-corrected chi connectivity index (χ4v) is 6.28. The molecule has 33 heavy (non-hydrogen) atoms. The highest BCUT2D eigenvalue weighted by atomic mass is 127. The molecule has 3 aromatic carbocycles. The standard InChI is InChI=1S/C23H13Cl3I2N2O2S/c24-14-6-4-12(5-7-14)11-32-21-16(27)8-13(9-17(21)28)10-19-22(31)30-23(33-19)29-18-3-1-2-15(25)20(18)26/h1-10H,11H2,(H,29,30,31)/b19-10+. The second-order valence-corrected chi connectivity index (χ2v) is 11.4. The summed E-state index contributed by atoms with van der Waals surface area (Å²) in [5.74, 6) is 0.583. The number of carbonyl (C=O) groups excluding carboxylic acids is 1. The maximum Gasteiger partial charge on any atom is 0.264 e. The van der Waals surface area contributed by atoms with Gasteiger partial charge in [-0.15, -0.1) is 0 Å². The predicted molar refractivity (Wildman–Crippen MR) is 155 cm³/mol. The van der Waals surface area contributed by atoms with Crippen molar-refractivity contribution in [3.63, 3.8) is 0 Å². The molecule has 1 saturated heterocycles. The summed E-state index contributed by atoms with van der Waals surface area (Å²) >= 11 is 23.9. The van der Waals surface area contributed by atoms with Crippen molar-refractivity contribution in [3.8, 4) is 5.75 Å². The first-order chi connectivity index (χ1) is 15.8. The summed E-state index contributed by atoms with van der Waals surface area (Å²) in [6, 6.07) is 16.7. The molecule has 4 rings (SSSR count). The number of aliphatic imine (C=N–C) groups is 1. The Labute approximate surface area is 237 Å². The first-order valence-corrected chi connectivity index (χ1v) is 13.5. The van der Waals surface area contributed by atoms with Crippen molar-refractivity contribution in [1.82, 2.24) is 5.32 Å². The number of amides is 1. The van der Waals surface area contributed by atoms with Crippen molar-refractivity contribution < 1.29 is 9.53 Å². The average Bonchev–Trinajstić information content (AvgIpc) is 3.10. The molecule has 0 spiro atoms. The summed E-state index contributed by atoms with van der Waals surface area (Å²) in [5.41, 5.74) is 2.42. The Kier molecular flexibility index (Phi) is 8.51. The summed E-state index contributed by atoms with van der Waals surface area (Å²) in [7, 11) is 0. The molecular formula is C23H13Cl3I2N2O2S. The minimum Gasteiger partial charge on any atom is -0.487 e. The van der Waals surface area contributed by atoms with Gasteiger partial charge in [-0.3, -0.25) is 4.79 Å². The van der Waals surface area contributed by atoms with Crippen molar-refractivity contribution in [2.45, 2.75) is 6.61 Å². The van der Waals surface area contributed by atoms with Crippen LogP contribution in [0.1, 0.15) is 11.1 Å². The number of hydrogen-bond donors (Lipinski definition) is 1. The van der Waals surface area contributed by atoms with Crippen molar-refractivity contribution in [2.24, 2.45) is 4.99 Å². The van der Waals surface area contributed by atoms with E-state index in [2.05, 4.69) is 55.5 Å². The molecule has 0 radical (unpaired) electrons. The van der Waals surface area contributed by atoms with Gasteiger partial charge < -0.3 is 10.1 Å². The van der Waals surface area contributed by atoms with Gasteiger partial charge in [0.2, 0.25) is 0 Å². The maximum atomic E-state index is 12.5. The molecule has 3 aromatic rings. The van der Waals surface area contributed by atoms with E-state index >= 15 is 0 Å². The highest BCUT2D eigenvalue weighted by Gasteiger charge is 2.24. The van der Waals surface area contributed by atoms with E-state index in [9.17, 15) is 4.79 Å². The van der Waals surface area contributed by atoms with Crippen molar-refractivity contribution in [3.05, 3.63) is 92.8 Å². The number of amidine groups is 1. The highest BCUT2D eigenvalue weighted by Crippen LogP contribution is 2.36. The summed E-state index contributed by atoms with van der Waals surface area (Å²) in [4.78, 5) is 17.4. The van der Waals surface area contributed by atoms with E-state index in [1.807, 2.05) is 42.5 Å². The topological polar surface area (TPSA) is 50.7 Å². The van der Waals surface area contributed by atoms with Crippen LogP contribution in [-0.4, -0.2) is 11.1 Å².